The van der Waals surface area contributed by atoms with Gasteiger partial charge in [-0.05, 0) is 57.6 Å². The van der Waals surface area contributed by atoms with Crippen LogP contribution in [0.4, 0.5) is 0 Å². The molecule has 0 spiro atoms. The Hall–Kier alpha value is -3.02. The molecule has 6 heteroatoms. The molecular weight excluding hydrogens is 507 g/mol. The van der Waals surface area contributed by atoms with Crippen LogP contribution in [0.2, 0.25) is 0 Å². The van der Waals surface area contributed by atoms with Crippen molar-refractivity contribution in [1.82, 2.24) is 0 Å². The molecule has 0 bridgehead atoms. The summed E-state index contributed by atoms with van der Waals surface area (Å²) in [5.41, 5.74) is 6.46. The Balaban J connectivity index is 1.61. The summed E-state index contributed by atoms with van der Waals surface area (Å²) in [6.45, 7) is 0.277. The van der Waals surface area contributed by atoms with Crippen LogP contribution in [-0.2, 0) is 5.41 Å². The van der Waals surface area contributed by atoms with Crippen LogP contribution < -0.4 is 9.47 Å². The Morgan fingerprint density at radius 2 is 0.946 bits per heavy atom. The van der Waals surface area contributed by atoms with Crippen molar-refractivity contribution in [2.75, 3.05) is 25.0 Å². The van der Waals surface area contributed by atoms with Gasteiger partial charge in [0, 0.05) is 0 Å². The van der Waals surface area contributed by atoms with Crippen molar-refractivity contribution in [2.24, 2.45) is 0 Å². The molecule has 4 nitrogen and oxygen atoms in total. The van der Waals surface area contributed by atoms with E-state index in [0.717, 1.165) is 11.1 Å². The summed E-state index contributed by atoms with van der Waals surface area (Å²) < 4.78 is 11.5. The summed E-state index contributed by atoms with van der Waals surface area (Å²) in [5.74, 6) is 1.59. The minimum atomic E-state index is -0.715. The second-order valence-corrected chi connectivity index (χ2v) is 9.75. The number of hydrogen-bond donors (Lipinski definition) is 2. The van der Waals surface area contributed by atoms with E-state index in [1.54, 1.807) is 0 Å². The molecule has 0 saturated carbocycles. The van der Waals surface area contributed by atoms with Crippen LogP contribution in [0.3, 0.4) is 0 Å². The highest BCUT2D eigenvalue weighted by Gasteiger charge is 2.45. The van der Waals surface area contributed by atoms with E-state index in [1.807, 2.05) is 24.3 Å². The summed E-state index contributed by atoms with van der Waals surface area (Å²) in [6.07, 6.45) is -1.43. The first-order valence-corrected chi connectivity index (χ1v) is 13.3. The Bertz CT molecular complexity index is 1230. The molecule has 37 heavy (non-hydrogen) atoms. The Morgan fingerprint density at radius 1 is 0.568 bits per heavy atom. The molecule has 190 valence electrons. The van der Waals surface area contributed by atoms with Gasteiger partial charge >= 0.3 is 0 Å². The third kappa shape index (κ3) is 4.83. The quantitative estimate of drug-likeness (QED) is 0.215. The third-order valence-electron chi connectivity index (χ3n) is 6.77. The second-order valence-electron chi connectivity index (χ2n) is 9.13. The van der Waals surface area contributed by atoms with E-state index >= 15 is 0 Å². The minimum Gasteiger partial charge on any atom is -0.491 e. The van der Waals surface area contributed by atoms with Crippen molar-refractivity contribution >= 4 is 23.2 Å². The Morgan fingerprint density at radius 3 is 1.32 bits per heavy atom. The van der Waals surface area contributed by atoms with Crippen molar-refractivity contribution in [3.8, 4) is 22.6 Å². The summed E-state index contributed by atoms with van der Waals surface area (Å²) in [7, 11) is 0. The molecule has 0 unspecified atom stereocenters. The van der Waals surface area contributed by atoms with Gasteiger partial charge in [-0.25, -0.2) is 0 Å². The van der Waals surface area contributed by atoms with Crippen molar-refractivity contribution in [3.63, 3.8) is 0 Å². The topological polar surface area (TPSA) is 58.9 Å². The van der Waals surface area contributed by atoms with Crippen LogP contribution in [0.15, 0.2) is 97.1 Å². The normalized spacial score (nSPS) is 14.9. The van der Waals surface area contributed by atoms with Gasteiger partial charge in [0.15, 0.2) is 0 Å². The van der Waals surface area contributed by atoms with E-state index in [-0.39, 0.29) is 25.0 Å². The SMILES string of the molecule is O[C@H](CCl)COc1ccc(C2(c3ccc(OC[C@H](O)CCl)cc3)c3ccccc3-c3ccccc32)cc1. The lowest BCUT2D eigenvalue weighted by molar-refractivity contribution is 0.125. The summed E-state index contributed by atoms with van der Waals surface area (Å²) >= 11 is 11.4. The maximum absolute atomic E-state index is 9.77. The van der Waals surface area contributed by atoms with Crippen molar-refractivity contribution < 1.29 is 19.7 Å². The van der Waals surface area contributed by atoms with Crippen molar-refractivity contribution in [3.05, 3.63) is 119 Å². The van der Waals surface area contributed by atoms with Crippen LogP contribution in [0.1, 0.15) is 22.3 Å². The number of hydrogen-bond acceptors (Lipinski definition) is 4. The molecule has 0 amide bonds. The molecule has 0 heterocycles. The van der Waals surface area contributed by atoms with Crippen LogP contribution in [-0.4, -0.2) is 47.4 Å². The number of aliphatic hydroxyl groups excluding tert-OH is 2. The first-order chi connectivity index (χ1) is 18.1. The predicted octanol–water partition coefficient (Wildman–Crippen LogP) is 6.01. The zero-order chi connectivity index (χ0) is 25.8. The standard InChI is InChI=1S/C31H28Cl2O4/c32-17-23(34)19-36-25-13-9-21(10-14-25)31(22-11-15-26(16-12-22)37-20-24(35)18-33)29-7-3-1-5-27(29)28-6-2-4-8-30(28)31/h1-16,23-24,34-35H,17-20H2/t23-,24-/m1/s1. The van der Waals surface area contributed by atoms with Crippen LogP contribution in [0.25, 0.3) is 11.1 Å². The van der Waals surface area contributed by atoms with E-state index in [1.165, 1.54) is 22.3 Å². The van der Waals surface area contributed by atoms with Gasteiger partial charge in [-0.15, -0.1) is 23.2 Å². The maximum atomic E-state index is 9.77. The Labute approximate surface area is 227 Å². The van der Waals surface area contributed by atoms with Crippen LogP contribution in [0, 0.1) is 0 Å². The average Bonchev–Trinajstić information content (AvgIpc) is 3.26. The monoisotopic (exact) mass is 534 g/mol. The second kappa shape index (κ2) is 11.2. The summed E-state index contributed by atoms with van der Waals surface area (Å²) in [5, 5.41) is 19.5. The van der Waals surface area contributed by atoms with Gasteiger partial charge in [-0.1, -0.05) is 72.8 Å². The average molecular weight is 535 g/mol. The van der Waals surface area contributed by atoms with Gasteiger partial charge in [0.05, 0.1) is 17.2 Å². The molecule has 0 radical (unpaired) electrons. The van der Waals surface area contributed by atoms with E-state index < -0.39 is 17.6 Å². The molecule has 0 aromatic heterocycles. The first kappa shape index (κ1) is 25.6. The summed E-state index contributed by atoms with van der Waals surface area (Å²) in [4.78, 5) is 0. The van der Waals surface area contributed by atoms with Gasteiger partial charge in [-0.2, -0.15) is 0 Å². The number of halogens is 2. The molecule has 2 atom stereocenters. The molecule has 5 rings (SSSR count). The number of fused-ring (bicyclic) bond motifs is 3. The predicted molar refractivity (Wildman–Crippen MR) is 148 cm³/mol. The fourth-order valence-electron chi connectivity index (χ4n) is 5.10. The third-order valence-corrected chi connectivity index (χ3v) is 7.48. The highest BCUT2D eigenvalue weighted by molar-refractivity contribution is 6.18. The van der Waals surface area contributed by atoms with Gasteiger partial charge in [0.1, 0.15) is 36.9 Å². The molecule has 0 saturated heterocycles. The van der Waals surface area contributed by atoms with Gasteiger partial charge in [-0.3, -0.25) is 0 Å². The van der Waals surface area contributed by atoms with E-state index in [2.05, 4.69) is 72.8 Å². The fourth-order valence-corrected chi connectivity index (χ4v) is 5.28. The fraction of sp³-hybridized carbons (Fsp3) is 0.226. The zero-order valence-electron chi connectivity index (χ0n) is 20.2. The van der Waals surface area contributed by atoms with Crippen molar-refractivity contribution in [2.45, 2.75) is 17.6 Å². The zero-order valence-corrected chi connectivity index (χ0v) is 21.7. The smallest absolute Gasteiger partial charge is 0.119 e. The van der Waals surface area contributed by atoms with Gasteiger partial charge < -0.3 is 19.7 Å². The lowest BCUT2D eigenvalue weighted by Gasteiger charge is -2.34. The number of ether oxygens (including phenoxy) is 2. The van der Waals surface area contributed by atoms with Crippen LogP contribution in [0.5, 0.6) is 11.5 Å². The molecule has 0 aliphatic heterocycles. The van der Waals surface area contributed by atoms with Gasteiger partial charge in [0.2, 0.25) is 0 Å². The van der Waals surface area contributed by atoms with Crippen LogP contribution >= 0.6 is 23.2 Å². The van der Waals surface area contributed by atoms with Crippen molar-refractivity contribution in [1.29, 1.82) is 0 Å². The lowest BCUT2D eigenvalue weighted by atomic mass is 9.68. The lowest BCUT2D eigenvalue weighted by Crippen LogP contribution is -2.28. The molecule has 4 aromatic carbocycles. The Kier molecular flexibility index (Phi) is 7.73. The molecular formula is C31H28Cl2O4. The van der Waals surface area contributed by atoms with Gasteiger partial charge in [0.25, 0.3) is 0 Å². The number of rotatable bonds is 10. The molecule has 1 aliphatic carbocycles. The van der Waals surface area contributed by atoms with E-state index in [0.29, 0.717) is 11.5 Å². The van der Waals surface area contributed by atoms with E-state index in [4.69, 9.17) is 32.7 Å². The maximum Gasteiger partial charge on any atom is 0.119 e. The molecule has 2 N–H and O–H groups in total. The highest BCUT2D eigenvalue weighted by atomic mass is 35.5. The molecule has 0 fully saturated rings. The minimum absolute atomic E-state index is 0.124. The number of benzene rings is 4. The number of alkyl halides is 2. The summed E-state index contributed by atoms with van der Waals surface area (Å²) in [6, 6.07) is 33.1. The first-order valence-electron chi connectivity index (χ1n) is 12.2. The molecule has 1 aliphatic rings. The van der Waals surface area contributed by atoms with E-state index in [9.17, 15) is 10.2 Å². The molecule has 4 aromatic rings. The highest BCUT2D eigenvalue weighted by Crippen LogP contribution is 2.56. The largest absolute Gasteiger partial charge is 0.491 e. The number of aliphatic hydroxyl groups is 2.